The van der Waals surface area contributed by atoms with Crippen molar-refractivity contribution in [2.45, 2.75) is 19.9 Å². The van der Waals surface area contributed by atoms with Crippen molar-refractivity contribution in [3.05, 3.63) is 22.6 Å². The fourth-order valence-electron chi connectivity index (χ4n) is 1.02. The largest absolute Gasteiger partial charge is 0.396 e. The summed E-state index contributed by atoms with van der Waals surface area (Å²) in [5, 5.41) is 18.0. The summed E-state index contributed by atoms with van der Waals surface area (Å²) in [6.07, 6.45) is 1.54. The third kappa shape index (κ3) is 2.85. The summed E-state index contributed by atoms with van der Waals surface area (Å²) in [5.41, 5.74) is 0.431. The van der Waals surface area contributed by atoms with E-state index < -0.39 is 0 Å². The van der Waals surface area contributed by atoms with E-state index in [1.807, 2.05) is 13.8 Å². The molecular formula is C9H15N3O2. The van der Waals surface area contributed by atoms with Crippen molar-refractivity contribution < 1.29 is 5.11 Å². The van der Waals surface area contributed by atoms with Gasteiger partial charge in [-0.25, -0.2) is 5.10 Å². The number of hydrogen-bond donors (Lipinski definition) is 3. The van der Waals surface area contributed by atoms with Gasteiger partial charge in [-0.1, -0.05) is 6.92 Å². The van der Waals surface area contributed by atoms with Crippen LogP contribution < -0.4 is 10.9 Å². The minimum atomic E-state index is -0.237. The molecule has 1 heterocycles. The van der Waals surface area contributed by atoms with Gasteiger partial charge in [0.15, 0.2) is 0 Å². The molecule has 0 fully saturated rings. The summed E-state index contributed by atoms with van der Waals surface area (Å²) in [5.74, 6) is 0.134. The van der Waals surface area contributed by atoms with E-state index in [9.17, 15) is 4.79 Å². The van der Waals surface area contributed by atoms with Gasteiger partial charge in [-0.3, -0.25) is 4.79 Å². The quantitative estimate of drug-likeness (QED) is 0.644. The highest BCUT2D eigenvalue weighted by Gasteiger charge is 2.10. The Bertz CT molecular complexity index is 337. The Morgan fingerprint density at radius 2 is 2.36 bits per heavy atom. The molecule has 14 heavy (non-hydrogen) atoms. The SMILES string of the molecule is CC(CO)C(C)Nc1cn[nH]c(=O)c1. The summed E-state index contributed by atoms with van der Waals surface area (Å²) >= 11 is 0. The molecule has 0 aliphatic carbocycles. The summed E-state index contributed by atoms with van der Waals surface area (Å²) in [6, 6.07) is 1.54. The molecule has 1 aromatic rings. The summed E-state index contributed by atoms with van der Waals surface area (Å²) in [7, 11) is 0. The van der Waals surface area contributed by atoms with E-state index in [0.717, 1.165) is 0 Å². The number of aromatic nitrogens is 2. The molecule has 0 aromatic carbocycles. The van der Waals surface area contributed by atoms with Crippen LogP contribution in [0.25, 0.3) is 0 Å². The van der Waals surface area contributed by atoms with Gasteiger partial charge in [0.05, 0.1) is 11.9 Å². The lowest BCUT2D eigenvalue weighted by Gasteiger charge is -2.19. The lowest BCUT2D eigenvalue weighted by molar-refractivity contribution is 0.226. The molecule has 0 aliphatic heterocycles. The van der Waals surface area contributed by atoms with Gasteiger partial charge in [0.1, 0.15) is 0 Å². The molecule has 0 aliphatic rings. The number of anilines is 1. The average Bonchev–Trinajstić information content (AvgIpc) is 2.16. The molecule has 0 bridgehead atoms. The van der Waals surface area contributed by atoms with Crippen LogP contribution in [0.5, 0.6) is 0 Å². The maximum atomic E-state index is 10.9. The molecule has 0 saturated carbocycles. The van der Waals surface area contributed by atoms with E-state index in [4.69, 9.17) is 5.11 Å². The van der Waals surface area contributed by atoms with E-state index in [0.29, 0.717) is 5.69 Å². The van der Waals surface area contributed by atoms with Crippen LogP contribution in [-0.4, -0.2) is 28.0 Å². The Labute approximate surface area is 82.2 Å². The number of aliphatic hydroxyl groups is 1. The van der Waals surface area contributed by atoms with Gasteiger partial charge in [-0.05, 0) is 12.8 Å². The summed E-state index contributed by atoms with van der Waals surface area (Å²) in [6.45, 7) is 3.99. The molecule has 0 radical (unpaired) electrons. The van der Waals surface area contributed by atoms with Crippen molar-refractivity contribution in [3.63, 3.8) is 0 Å². The fraction of sp³-hybridized carbons (Fsp3) is 0.556. The van der Waals surface area contributed by atoms with Crippen LogP contribution in [0.15, 0.2) is 17.1 Å². The number of aromatic amines is 1. The van der Waals surface area contributed by atoms with E-state index in [1.165, 1.54) is 6.07 Å². The van der Waals surface area contributed by atoms with Crippen molar-refractivity contribution in [1.29, 1.82) is 0 Å². The zero-order chi connectivity index (χ0) is 10.6. The topological polar surface area (TPSA) is 78.0 Å². The van der Waals surface area contributed by atoms with E-state index in [2.05, 4.69) is 15.5 Å². The third-order valence-electron chi connectivity index (χ3n) is 2.20. The third-order valence-corrected chi connectivity index (χ3v) is 2.20. The van der Waals surface area contributed by atoms with Gasteiger partial charge in [0.25, 0.3) is 5.56 Å². The molecule has 78 valence electrons. The van der Waals surface area contributed by atoms with Crippen molar-refractivity contribution in [2.75, 3.05) is 11.9 Å². The maximum absolute atomic E-state index is 10.9. The van der Waals surface area contributed by atoms with Gasteiger partial charge in [0.2, 0.25) is 0 Å². The van der Waals surface area contributed by atoms with E-state index >= 15 is 0 Å². The van der Waals surface area contributed by atoms with Gasteiger partial charge in [-0.2, -0.15) is 5.10 Å². The van der Waals surface area contributed by atoms with Crippen LogP contribution in [0.1, 0.15) is 13.8 Å². The Hall–Kier alpha value is -1.36. The average molecular weight is 197 g/mol. The minimum Gasteiger partial charge on any atom is -0.396 e. The zero-order valence-electron chi connectivity index (χ0n) is 8.32. The first kappa shape index (κ1) is 10.7. The van der Waals surface area contributed by atoms with Crippen molar-refractivity contribution in [1.82, 2.24) is 10.2 Å². The highest BCUT2D eigenvalue weighted by Crippen LogP contribution is 2.08. The first-order valence-electron chi connectivity index (χ1n) is 4.55. The lowest BCUT2D eigenvalue weighted by atomic mass is 10.1. The number of nitrogens with one attached hydrogen (secondary N) is 2. The van der Waals surface area contributed by atoms with Crippen LogP contribution in [-0.2, 0) is 0 Å². The van der Waals surface area contributed by atoms with Crippen LogP contribution in [0, 0.1) is 5.92 Å². The van der Waals surface area contributed by atoms with Crippen molar-refractivity contribution in [3.8, 4) is 0 Å². The van der Waals surface area contributed by atoms with Crippen LogP contribution >= 0.6 is 0 Å². The molecule has 0 spiro atoms. The number of hydrogen-bond acceptors (Lipinski definition) is 4. The number of H-pyrrole nitrogens is 1. The van der Waals surface area contributed by atoms with Gasteiger partial charge in [0, 0.05) is 18.7 Å². The predicted molar refractivity (Wildman–Crippen MR) is 54.2 cm³/mol. The normalized spacial score (nSPS) is 14.8. The summed E-state index contributed by atoms with van der Waals surface area (Å²) < 4.78 is 0. The molecule has 2 atom stereocenters. The van der Waals surface area contributed by atoms with Crippen molar-refractivity contribution in [2.24, 2.45) is 5.92 Å². The predicted octanol–water partition coefficient (Wildman–Crippen LogP) is 0.199. The number of rotatable bonds is 4. The van der Waals surface area contributed by atoms with Crippen LogP contribution in [0.2, 0.25) is 0 Å². The molecular weight excluding hydrogens is 182 g/mol. The van der Waals surface area contributed by atoms with Gasteiger partial charge < -0.3 is 10.4 Å². The molecule has 1 rings (SSSR count). The number of aliphatic hydroxyl groups excluding tert-OH is 1. The standard InChI is InChI=1S/C9H15N3O2/c1-6(5-13)7(2)11-8-3-9(14)12-10-4-8/h3-4,6-7,13H,5H2,1-2H3,(H2,11,12,14). The van der Waals surface area contributed by atoms with Crippen LogP contribution in [0.4, 0.5) is 5.69 Å². The highest BCUT2D eigenvalue weighted by molar-refractivity contribution is 5.39. The smallest absolute Gasteiger partial charge is 0.266 e. The van der Waals surface area contributed by atoms with E-state index in [-0.39, 0.29) is 24.1 Å². The first-order valence-corrected chi connectivity index (χ1v) is 4.55. The monoisotopic (exact) mass is 197 g/mol. The second kappa shape index (κ2) is 4.76. The summed E-state index contributed by atoms with van der Waals surface area (Å²) in [4.78, 5) is 10.9. The Morgan fingerprint density at radius 3 is 2.93 bits per heavy atom. The molecule has 5 heteroatoms. The van der Waals surface area contributed by atoms with Crippen molar-refractivity contribution >= 4 is 5.69 Å². The highest BCUT2D eigenvalue weighted by atomic mass is 16.3. The molecule has 1 aromatic heterocycles. The lowest BCUT2D eigenvalue weighted by Crippen LogP contribution is -2.27. The Morgan fingerprint density at radius 1 is 1.64 bits per heavy atom. The first-order chi connectivity index (χ1) is 6.63. The Balaban J connectivity index is 2.64. The van der Waals surface area contributed by atoms with Gasteiger partial charge in [-0.15, -0.1) is 0 Å². The molecule has 0 amide bonds. The van der Waals surface area contributed by atoms with Crippen LogP contribution in [0.3, 0.4) is 0 Å². The van der Waals surface area contributed by atoms with E-state index in [1.54, 1.807) is 6.20 Å². The fourth-order valence-corrected chi connectivity index (χ4v) is 1.02. The molecule has 5 nitrogen and oxygen atoms in total. The molecule has 0 saturated heterocycles. The second-order valence-electron chi connectivity index (χ2n) is 3.43. The molecule has 2 unspecified atom stereocenters. The second-order valence-corrected chi connectivity index (χ2v) is 3.43. The van der Waals surface area contributed by atoms with Gasteiger partial charge >= 0.3 is 0 Å². The maximum Gasteiger partial charge on any atom is 0.266 e. The molecule has 3 N–H and O–H groups in total. The Kier molecular flexibility index (Phi) is 3.64. The zero-order valence-corrected chi connectivity index (χ0v) is 8.32. The minimum absolute atomic E-state index is 0.101. The number of nitrogens with zero attached hydrogens (tertiary/aromatic N) is 1.